The zero-order valence-electron chi connectivity index (χ0n) is 7.30. The molecule has 14 heavy (non-hydrogen) atoms. The van der Waals surface area contributed by atoms with Gasteiger partial charge in [-0.25, -0.2) is 0 Å². The fourth-order valence-electron chi connectivity index (χ4n) is 1.27. The quantitative estimate of drug-likeness (QED) is 0.668. The summed E-state index contributed by atoms with van der Waals surface area (Å²) in [6.45, 7) is 0. The van der Waals surface area contributed by atoms with Crippen LogP contribution in [0.5, 0.6) is 0 Å². The molecule has 2 heteroatoms. The standard InChI is InChI=1S/C12H7Cl2/c13-11-8-4-7-10(12(11)14)9-5-2-1-3-6-9/h1-6,8H. The molecule has 2 aromatic carbocycles. The van der Waals surface area contributed by atoms with E-state index >= 15 is 0 Å². The number of hydrogen-bond acceptors (Lipinski definition) is 0. The topological polar surface area (TPSA) is 0 Å². The third kappa shape index (κ3) is 1.77. The van der Waals surface area contributed by atoms with E-state index in [1.165, 1.54) is 0 Å². The number of rotatable bonds is 1. The molecule has 0 heterocycles. The van der Waals surface area contributed by atoms with E-state index in [1.54, 1.807) is 12.1 Å². The monoisotopic (exact) mass is 221 g/mol. The first-order valence-corrected chi connectivity index (χ1v) is 4.96. The van der Waals surface area contributed by atoms with Crippen LogP contribution in [0, 0.1) is 6.07 Å². The second kappa shape index (κ2) is 4.04. The summed E-state index contributed by atoms with van der Waals surface area (Å²) in [7, 11) is 0. The van der Waals surface area contributed by atoms with Gasteiger partial charge in [0.05, 0.1) is 10.0 Å². The Kier molecular flexibility index (Phi) is 2.76. The molecule has 0 saturated carbocycles. The van der Waals surface area contributed by atoms with E-state index in [0.29, 0.717) is 10.0 Å². The second-order valence-electron chi connectivity index (χ2n) is 2.88. The van der Waals surface area contributed by atoms with Crippen LogP contribution < -0.4 is 0 Å². The third-order valence-electron chi connectivity index (χ3n) is 1.95. The van der Waals surface area contributed by atoms with Crippen molar-refractivity contribution in [2.75, 3.05) is 0 Å². The van der Waals surface area contributed by atoms with Crippen LogP contribution in [0.25, 0.3) is 11.1 Å². The summed E-state index contributed by atoms with van der Waals surface area (Å²) in [4.78, 5) is 0. The summed E-state index contributed by atoms with van der Waals surface area (Å²) in [6, 6.07) is 16.4. The van der Waals surface area contributed by atoms with E-state index in [-0.39, 0.29) is 0 Å². The molecule has 69 valence electrons. The van der Waals surface area contributed by atoms with Crippen LogP contribution in [0.1, 0.15) is 0 Å². The fraction of sp³-hybridized carbons (Fsp3) is 0. The maximum absolute atomic E-state index is 6.06. The highest BCUT2D eigenvalue weighted by Gasteiger charge is 2.05. The van der Waals surface area contributed by atoms with E-state index in [2.05, 4.69) is 6.07 Å². The molecule has 0 aromatic heterocycles. The zero-order chi connectivity index (χ0) is 9.97. The average molecular weight is 222 g/mol. The lowest BCUT2D eigenvalue weighted by Crippen LogP contribution is -1.79. The first kappa shape index (κ1) is 9.57. The highest BCUT2D eigenvalue weighted by atomic mass is 35.5. The van der Waals surface area contributed by atoms with Gasteiger partial charge in [0.25, 0.3) is 0 Å². The first-order chi connectivity index (χ1) is 6.79. The smallest absolute Gasteiger partial charge is 0.0676 e. The number of halogens is 2. The first-order valence-electron chi connectivity index (χ1n) is 4.20. The van der Waals surface area contributed by atoms with Crippen molar-refractivity contribution in [2.45, 2.75) is 0 Å². The van der Waals surface area contributed by atoms with Crippen LogP contribution in [0.3, 0.4) is 0 Å². The molecule has 0 amide bonds. The van der Waals surface area contributed by atoms with Crippen molar-refractivity contribution in [1.82, 2.24) is 0 Å². The van der Waals surface area contributed by atoms with Gasteiger partial charge < -0.3 is 0 Å². The molecule has 0 aliphatic carbocycles. The molecule has 2 aromatic rings. The van der Waals surface area contributed by atoms with E-state index in [4.69, 9.17) is 23.2 Å². The molecular formula is C12H7Cl2. The molecule has 0 unspecified atom stereocenters. The number of benzene rings is 2. The van der Waals surface area contributed by atoms with Crippen molar-refractivity contribution in [3.63, 3.8) is 0 Å². The van der Waals surface area contributed by atoms with Gasteiger partial charge in [-0.3, -0.25) is 0 Å². The summed E-state index contributed by atoms with van der Waals surface area (Å²) in [5.41, 5.74) is 1.87. The summed E-state index contributed by atoms with van der Waals surface area (Å²) in [5.74, 6) is 0. The lowest BCUT2D eigenvalue weighted by atomic mass is 10.1. The van der Waals surface area contributed by atoms with Crippen LogP contribution in [-0.4, -0.2) is 0 Å². The van der Waals surface area contributed by atoms with Gasteiger partial charge in [-0.05, 0) is 17.7 Å². The lowest BCUT2D eigenvalue weighted by Gasteiger charge is -2.04. The minimum absolute atomic E-state index is 0.556. The Hall–Kier alpha value is -0.980. The molecule has 0 aliphatic heterocycles. The van der Waals surface area contributed by atoms with Gasteiger partial charge in [0.15, 0.2) is 0 Å². The maximum atomic E-state index is 6.06. The average Bonchev–Trinajstić information content (AvgIpc) is 2.23. The Morgan fingerprint density at radius 3 is 2.36 bits per heavy atom. The van der Waals surface area contributed by atoms with Gasteiger partial charge in [-0.15, -0.1) is 0 Å². The minimum atomic E-state index is 0.556. The molecule has 0 nitrogen and oxygen atoms in total. The predicted octanol–water partition coefficient (Wildman–Crippen LogP) is 4.46. The minimum Gasteiger partial charge on any atom is -0.0827 e. The zero-order valence-corrected chi connectivity index (χ0v) is 8.81. The van der Waals surface area contributed by atoms with Crippen molar-refractivity contribution in [1.29, 1.82) is 0 Å². The van der Waals surface area contributed by atoms with Crippen molar-refractivity contribution in [3.8, 4) is 11.1 Å². The van der Waals surface area contributed by atoms with Gasteiger partial charge in [-0.1, -0.05) is 59.6 Å². The Labute approximate surface area is 93.1 Å². The van der Waals surface area contributed by atoms with Gasteiger partial charge >= 0.3 is 0 Å². The van der Waals surface area contributed by atoms with Gasteiger partial charge in [0.2, 0.25) is 0 Å². The Bertz CT molecular complexity index is 435. The van der Waals surface area contributed by atoms with Gasteiger partial charge in [-0.2, -0.15) is 0 Å². The van der Waals surface area contributed by atoms with Crippen molar-refractivity contribution < 1.29 is 0 Å². The molecule has 1 radical (unpaired) electrons. The summed E-state index contributed by atoms with van der Waals surface area (Å²) >= 11 is 12.0. The van der Waals surface area contributed by atoms with Crippen LogP contribution in [0.2, 0.25) is 10.0 Å². The van der Waals surface area contributed by atoms with E-state index in [0.717, 1.165) is 11.1 Å². The fourth-order valence-corrected chi connectivity index (χ4v) is 1.65. The molecular weight excluding hydrogens is 215 g/mol. The third-order valence-corrected chi connectivity index (χ3v) is 2.75. The molecule has 0 saturated heterocycles. The SMILES string of the molecule is Clc1cc[c]c(-c2ccccc2)c1Cl. The van der Waals surface area contributed by atoms with Crippen LogP contribution in [-0.2, 0) is 0 Å². The Balaban J connectivity index is 2.58. The molecule has 0 spiro atoms. The molecule has 0 atom stereocenters. The highest BCUT2D eigenvalue weighted by molar-refractivity contribution is 6.43. The lowest BCUT2D eigenvalue weighted by molar-refractivity contribution is 1.61. The predicted molar refractivity (Wildman–Crippen MR) is 60.7 cm³/mol. The van der Waals surface area contributed by atoms with Crippen LogP contribution in [0.15, 0.2) is 42.5 Å². The summed E-state index contributed by atoms with van der Waals surface area (Å²) in [5, 5.41) is 1.12. The highest BCUT2D eigenvalue weighted by Crippen LogP contribution is 2.32. The van der Waals surface area contributed by atoms with Gasteiger partial charge in [0.1, 0.15) is 0 Å². The molecule has 0 aliphatic rings. The molecule has 0 N–H and O–H groups in total. The van der Waals surface area contributed by atoms with Crippen molar-refractivity contribution >= 4 is 23.2 Å². The van der Waals surface area contributed by atoms with Crippen LogP contribution >= 0.6 is 23.2 Å². The van der Waals surface area contributed by atoms with E-state index in [1.807, 2.05) is 30.3 Å². The largest absolute Gasteiger partial charge is 0.0827 e. The van der Waals surface area contributed by atoms with Crippen molar-refractivity contribution in [2.24, 2.45) is 0 Å². The Morgan fingerprint density at radius 1 is 0.929 bits per heavy atom. The number of hydrogen-bond donors (Lipinski definition) is 0. The molecule has 0 bridgehead atoms. The van der Waals surface area contributed by atoms with E-state index < -0.39 is 0 Å². The Morgan fingerprint density at radius 2 is 1.64 bits per heavy atom. The van der Waals surface area contributed by atoms with Gasteiger partial charge in [0, 0.05) is 5.56 Å². The summed E-state index contributed by atoms with van der Waals surface area (Å²) < 4.78 is 0. The maximum Gasteiger partial charge on any atom is 0.0676 e. The summed E-state index contributed by atoms with van der Waals surface area (Å²) in [6.07, 6.45) is 0. The normalized spacial score (nSPS) is 10.1. The van der Waals surface area contributed by atoms with Crippen LogP contribution in [0.4, 0.5) is 0 Å². The molecule has 0 fully saturated rings. The van der Waals surface area contributed by atoms with Crippen molar-refractivity contribution in [3.05, 3.63) is 58.6 Å². The molecule has 2 rings (SSSR count). The van der Waals surface area contributed by atoms with E-state index in [9.17, 15) is 0 Å². The second-order valence-corrected chi connectivity index (χ2v) is 3.67.